The lowest BCUT2D eigenvalue weighted by Gasteiger charge is -1.89. The summed E-state index contributed by atoms with van der Waals surface area (Å²) in [6.07, 6.45) is 0. The smallest absolute Gasteiger partial charge is 0.288 e. The molecule has 0 bridgehead atoms. The number of nitro benzene ring substituents is 1. The minimum Gasteiger partial charge on any atom is -0.289 e. The predicted octanol–water partition coefficient (Wildman–Crippen LogP) is 1.64. The van der Waals surface area contributed by atoms with Crippen molar-refractivity contribution in [2.24, 2.45) is 0 Å². The largest absolute Gasteiger partial charge is 0.289 e. The van der Waals surface area contributed by atoms with Crippen molar-refractivity contribution in [2.75, 3.05) is 0 Å². The zero-order valence-corrected chi connectivity index (χ0v) is 6.46. The third-order valence-electron chi connectivity index (χ3n) is 1.71. The Hall–Kier alpha value is -1.42. The van der Waals surface area contributed by atoms with Gasteiger partial charge in [0.15, 0.2) is 5.43 Å². The summed E-state index contributed by atoms with van der Waals surface area (Å²) < 4.78 is 0. The average molecular weight is 184 g/mol. The maximum atomic E-state index is 10.8. The van der Waals surface area contributed by atoms with Crippen LogP contribution in [0.3, 0.4) is 0 Å². The van der Waals surface area contributed by atoms with E-state index >= 15 is 0 Å². The maximum absolute atomic E-state index is 10.8. The van der Waals surface area contributed by atoms with Gasteiger partial charge in [0.25, 0.3) is 5.69 Å². The van der Waals surface area contributed by atoms with Crippen molar-refractivity contribution in [1.29, 1.82) is 0 Å². The lowest BCUT2D eigenvalue weighted by atomic mass is 10.3. The van der Waals surface area contributed by atoms with Crippen molar-refractivity contribution in [2.45, 2.75) is 0 Å². The van der Waals surface area contributed by atoms with Crippen LogP contribution in [0.1, 0.15) is 0 Å². The summed E-state index contributed by atoms with van der Waals surface area (Å²) in [5.41, 5.74) is -0.355. The van der Waals surface area contributed by atoms with Gasteiger partial charge in [-0.05, 0) is 6.07 Å². The first kappa shape index (κ1) is 7.24. The van der Waals surface area contributed by atoms with E-state index in [0.717, 1.165) is 0 Å². The molecule has 12 heavy (non-hydrogen) atoms. The molecule has 0 fully saturated rings. The molecule has 0 aliphatic carbocycles. The first-order valence-electron chi connectivity index (χ1n) is 3.14. The van der Waals surface area contributed by atoms with Crippen molar-refractivity contribution < 1.29 is 4.92 Å². The average Bonchev–Trinajstić information content (AvgIpc) is 2.60. The summed E-state index contributed by atoms with van der Waals surface area (Å²) in [6, 6.07) is 2.54. The van der Waals surface area contributed by atoms with Gasteiger partial charge < -0.3 is 0 Å². The lowest BCUT2D eigenvalue weighted by Crippen LogP contribution is -1.86. The number of nitrogens with zero attached hydrogens (tertiary/aromatic N) is 1. The fraction of sp³-hybridized carbons (Fsp3) is 0. The molecule has 4 nitrogen and oxygen atoms in total. The van der Waals surface area contributed by atoms with Crippen LogP contribution in [0.2, 0.25) is 5.02 Å². The number of nitro groups is 1. The Labute approximate surface area is 71.2 Å². The van der Waals surface area contributed by atoms with E-state index in [0.29, 0.717) is 10.8 Å². The Kier molecular flexibility index (Phi) is 1.23. The highest BCUT2D eigenvalue weighted by Gasteiger charge is 2.21. The van der Waals surface area contributed by atoms with Gasteiger partial charge in [-0.2, -0.15) is 0 Å². The number of benzene rings is 1. The number of hydrogen-bond donors (Lipinski definition) is 0. The normalized spacial score (nSPS) is 11.1. The van der Waals surface area contributed by atoms with E-state index in [1.807, 2.05) is 0 Å². The second-order valence-electron chi connectivity index (χ2n) is 2.44. The van der Waals surface area contributed by atoms with Gasteiger partial charge in [-0.3, -0.25) is 14.9 Å². The van der Waals surface area contributed by atoms with Gasteiger partial charge in [-0.15, -0.1) is 0 Å². The number of hydrogen-bond acceptors (Lipinski definition) is 3. The Bertz CT molecular complexity index is 496. The zero-order chi connectivity index (χ0) is 8.88. The summed E-state index contributed by atoms with van der Waals surface area (Å²) in [5, 5.41) is 11.2. The van der Waals surface area contributed by atoms with E-state index in [1.54, 1.807) is 0 Å². The fourth-order valence-electron chi connectivity index (χ4n) is 1.03. The number of rotatable bonds is 1. The topological polar surface area (TPSA) is 60.2 Å². The van der Waals surface area contributed by atoms with Crippen LogP contribution >= 0.6 is 11.6 Å². The number of fused-ring (bicyclic) bond motifs is 1. The second-order valence-corrected chi connectivity index (χ2v) is 2.84. The summed E-state index contributed by atoms with van der Waals surface area (Å²) >= 11 is 5.53. The third kappa shape index (κ3) is 0.816. The van der Waals surface area contributed by atoms with E-state index in [-0.39, 0.29) is 16.1 Å². The van der Waals surface area contributed by atoms with Crippen LogP contribution in [-0.4, -0.2) is 4.92 Å². The molecule has 0 atom stereocenters. The van der Waals surface area contributed by atoms with Crippen LogP contribution in [0, 0.1) is 10.1 Å². The Morgan fingerprint density at radius 1 is 1.33 bits per heavy atom. The standard InChI is InChI=1S/C7H2ClNO3/c8-5-1-3-4(7(3)10)2-6(5)9(11)12/h1-2H. The summed E-state index contributed by atoms with van der Waals surface area (Å²) in [7, 11) is 0. The van der Waals surface area contributed by atoms with Gasteiger partial charge in [-0.25, -0.2) is 0 Å². The van der Waals surface area contributed by atoms with Crippen LogP contribution in [0.4, 0.5) is 5.69 Å². The van der Waals surface area contributed by atoms with Gasteiger partial charge in [0, 0.05) is 16.8 Å². The third-order valence-corrected chi connectivity index (χ3v) is 2.01. The molecule has 2 aromatic rings. The van der Waals surface area contributed by atoms with E-state index < -0.39 is 4.92 Å². The zero-order valence-electron chi connectivity index (χ0n) is 5.70. The Morgan fingerprint density at radius 2 is 1.92 bits per heavy atom. The van der Waals surface area contributed by atoms with Gasteiger partial charge in [0.2, 0.25) is 0 Å². The highest BCUT2D eigenvalue weighted by atomic mass is 35.5. The summed E-state index contributed by atoms with van der Waals surface area (Å²) in [6.45, 7) is 0. The molecule has 2 rings (SSSR count). The van der Waals surface area contributed by atoms with Crippen molar-refractivity contribution in [3.05, 3.63) is 37.5 Å². The minimum atomic E-state index is -0.603. The molecule has 0 saturated carbocycles. The first-order valence-corrected chi connectivity index (χ1v) is 3.51. The van der Waals surface area contributed by atoms with Gasteiger partial charge >= 0.3 is 0 Å². The maximum Gasteiger partial charge on any atom is 0.288 e. The van der Waals surface area contributed by atoms with Gasteiger partial charge in [-0.1, -0.05) is 11.6 Å². The molecule has 0 radical (unpaired) electrons. The molecule has 2 aromatic carbocycles. The molecular formula is C7H2ClNO3. The van der Waals surface area contributed by atoms with Crippen molar-refractivity contribution in [3.8, 4) is 0 Å². The monoisotopic (exact) mass is 183 g/mol. The highest BCUT2D eigenvalue weighted by Crippen LogP contribution is 2.30. The van der Waals surface area contributed by atoms with Crippen LogP contribution in [0.15, 0.2) is 16.9 Å². The molecule has 0 aliphatic rings. The van der Waals surface area contributed by atoms with Gasteiger partial charge in [0.1, 0.15) is 5.02 Å². The molecule has 5 heteroatoms. The van der Waals surface area contributed by atoms with Crippen molar-refractivity contribution in [3.63, 3.8) is 0 Å². The fourth-order valence-corrected chi connectivity index (χ4v) is 1.26. The highest BCUT2D eigenvalue weighted by molar-refractivity contribution is 6.34. The molecule has 0 aliphatic heterocycles. The summed E-state index contributed by atoms with van der Waals surface area (Å²) in [4.78, 5) is 20.5. The van der Waals surface area contributed by atoms with Crippen LogP contribution < -0.4 is 5.43 Å². The molecule has 0 saturated heterocycles. The molecule has 0 unspecified atom stereocenters. The first-order chi connectivity index (χ1) is 5.61. The molecule has 60 valence electrons. The van der Waals surface area contributed by atoms with Gasteiger partial charge in [0.05, 0.1) is 4.92 Å². The van der Waals surface area contributed by atoms with Crippen LogP contribution in [-0.2, 0) is 0 Å². The molecule has 0 aromatic heterocycles. The van der Waals surface area contributed by atoms with E-state index in [1.165, 1.54) is 12.1 Å². The molecule has 0 amide bonds. The molecular weight excluding hydrogens is 182 g/mol. The Balaban J connectivity index is 2.74. The lowest BCUT2D eigenvalue weighted by molar-refractivity contribution is -0.384. The van der Waals surface area contributed by atoms with Crippen LogP contribution in [0.5, 0.6) is 0 Å². The van der Waals surface area contributed by atoms with E-state index in [2.05, 4.69) is 0 Å². The van der Waals surface area contributed by atoms with Crippen LogP contribution in [0.25, 0.3) is 10.8 Å². The second kappa shape index (κ2) is 2.04. The molecule has 0 heterocycles. The summed E-state index contributed by atoms with van der Waals surface area (Å²) in [5.74, 6) is 0. The molecule has 0 spiro atoms. The SMILES string of the molecule is O=c1c2cc(Cl)c([N+](=O)[O-])cc12. The van der Waals surface area contributed by atoms with Crippen molar-refractivity contribution >= 4 is 28.1 Å². The predicted molar refractivity (Wildman–Crippen MR) is 44.3 cm³/mol. The Morgan fingerprint density at radius 3 is 2.50 bits per heavy atom. The van der Waals surface area contributed by atoms with Crippen molar-refractivity contribution in [1.82, 2.24) is 0 Å². The number of halogens is 1. The van der Waals surface area contributed by atoms with E-state index in [4.69, 9.17) is 11.6 Å². The minimum absolute atomic E-state index is 0.0181. The van der Waals surface area contributed by atoms with E-state index in [9.17, 15) is 14.9 Å². The molecule has 0 N–H and O–H groups in total. The quantitative estimate of drug-likeness (QED) is 0.499.